The van der Waals surface area contributed by atoms with Crippen LogP contribution in [0.2, 0.25) is 5.22 Å². The van der Waals surface area contributed by atoms with Crippen molar-refractivity contribution in [1.29, 1.82) is 0 Å². The van der Waals surface area contributed by atoms with Crippen LogP contribution in [-0.2, 0) is 11.2 Å². The lowest BCUT2D eigenvalue weighted by molar-refractivity contribution is -0.496. The van der Waals surface area contributed by atoms with E-state index >= 15 is 0 Å². The number of nitrogens with zero attached hydrogens (tertiary/aromatic N) is 1. The Balaban J connectivity index is 1.04. The molecule has 0 radical (unpaired) electrons. The van der Waals surface area contributed by atoms with Gasteiger partial charge in [0, 0.05) is 59.0 Å². The van der Waals surface area contributed by atoms with Gasteiger partial charge < -0.3 is 29.3 Å². The summed E-state index contributed by atoms with van der Waals surface area (Å²) in [5.74, 6) is 1.25. The van der Waals surface area contributed by atoms with E-state index in [0.29, 0.717) is 54.3 Å². The summed E-state index contributed by atoms with van der Waals surface area (Å²) in [6, 6.07) is 29.1. The molecule has 11 heteroatoms. The molecular formula is C45H45ClN5O5+. The molecule has 0 saturated heterocycles. The number of halogens is 1. The summed E-state index contributed by atoms with van der Waals surface area (Å²) in [4.78, 5) is 30.4. The van der Waals surface area contributed by atoms with E-state index in [1.165, 1.54) is 0 Å². The van der Waals surface area contributed by atoms with Crippen molar-refractivity contribution in [2.24, 2.45) is 0 Å². The van der Waals surface area contributed by atoms with Crippen LogP contribution in [0.4, 0.5) is 5.69 Å². The van der Waals surface area contributed by atoms with Gasteiger partial charge in [0.2, 0.25) is 11.3 Å². The molecule has 0 saturated carbocycles. The fraction of sp³-hybridized carbons (Fsp3) is 0.244. The molecule has 7 rings (SSSR count). The van der Waals surface area contributed by atoms with E-state index in [0.717, 1.165) is 74.2 Å². The molecule has 3 heterocycles. The van der Waals surface area contributed by atoms with Crippen LogP contribution in [0.15, 0.2) is 104 Å². The lowest BCUT2D eigenvalue weighted by Crippen LogP contribution is -2.76. The molecule has 0 fully saturated rings. The van der Waals surface area contributed by atoms with Crippen molar-refractivity contribution in [3.8, 4) is 45.0 Å². The van der Waals surface area contributed by atoms with Gasteiger partial charge in [-0.05, 0) is 99.2 Å². The van der Waals surface area contributed by atoms with Crippen LogP contribution < -0.4 is 26.3 Å². The predicted molar refractivity (Wildman–Crippen MR) is 219 cm³/mol. The van der Waals surface area contributed by atoms with Crippen LogP contribution in [0.25, 0.3) is 56.0 Å². The average Bonchev–Trinajstić information content (AvgIpc) is 3.82. The Hall–Kier alpha value is -6.13. The normalized spacial score (nSPS) is 11.7. The summed E-state index contributed by atoms with van der Waals surface area (Å²) in [7, 11) is 0. The molecule has 0 atom stereocenters. The smallest absolute Gasteiger partial charge is 0.251 e. The summed E-state index contributed by atoms with van der Waals surface area (Å²) in [5.41, 5.74) is 9.23. The van der Waals surface area contributed by atoms with Gasteiger partial charge >= 0.3 is 0 Å². The second-order valence-electron chi connectivity index (χ2n) is 13.7. The van der Waals surface area contributed by atoms with E-state index in [1.54, 1.807) is 12.1 Å². The molecule has 2 aliphatic rings. The molecule has 1 aliphatic heterocycles. The first-order valence-corrected chi connectivity index (χ1v) is 19.4. The Kier molecular flexibility index (Phi) is 11.7. The van der Waals surface area contributed by atoms with Gasteiger partial charge in [0.1, 0.15) is 17.9 Å². The van der Waals surface area contributed by atoms with E-state index < -0.39 is 0 Å². The number of aryl methyl sites for hydroxylation is 2. The number of benzene rings is 4. The highest BCUT2D eigenvalue weighted by molar-refractivity contribution is 6.29. The molecule has 2 aromatic heterocycles. The van der Waals surface area contributed by atoms with Crippen LogP contribution in [0.1, 0.15) is 53.9 Å². The van der Waals surface area contributed by atoms with Gasteiger partial charge in [0.25, 0.3) is 5.91 Å². The van der Waals surface area contributed by atoms with Gasteiger partial charge in [-0.25, -0.2) is 4.99 Å². The Bertz CT molecular complexity index is 2550. The topological polar surface area (TPSA) is 137 Å². The third-order valence-corrected chi connectivity index (χ3v) is 9.95. The Morgan fingerprint density at radius 2 is 1.55 bits per heavy atom. The number of unbranched alkanes of at least 4 members (excludes halogenated alkanes) is 1. The van der Waals surface area contributed by atoms with Gasteiger partial charge in [0.05, 0.1) is 18.1 Å². The maximum Gasteiger partial charge on any atom is 0.251 e. The zero-order chi connectivity index (χ0) is 39.2. The zero-order valence-corrected chi connectivity index (χ0v) is 32.7. The number of furan rings is 1. The number of aromatic nitrogens is 1. The van der Waals surface area contributed by atoms with Crippen LogP contribution in [0.3, 0.4) is 0 Å². The molecule has 2 amide bonds. The maximum atomic E-state index is 13.9. The lowest BCUT2D eigenvalue weighted by atomic mass is 9.89. The molecule has 10 nitrogen and oxygen atoms in total. The van der Waals surface area contributed by atoms with E-state index in [4.69, 9.17) is 25.0 Å². The summed E-state index contributed by atoms with van der Waals surface area (Å²) in [5, 5.41) is 15.9. The van der Waals surface area contributed by atoms with Crippen molar-refractivity contribution < 1.29 is 27.9 Å². The minimum atomic E-state index is -0.199. The van der Waals surface area contributed by atoms with Crippen LogP contribution in [0.5, 0.6) is 0 Å². The molecule has 0 bridgehead atoms. The summed E-state index contributed by atoms with van der Waals surface area (Å²) in [6.07, 6.45) is 1.34. The molecule has 286 valence electrons. The van der Waals surface area contributed by atoms with Crippen molar-refractivity contribution in [3.63, 3.8) is 0 Å². The fourth-order valence-corrected chi connectivity index (χ4v) is 7.24. The summed E-state index contributed by atoms with van der Waals surface area (Å²) in [6.45, 7) is 10.8. The van der Waals surface area contributed by atoms with E-state index in [1.807, 2.05) is 66.7 Å². The largest absolute Gasteiger partial charge is 0.456 e. The van der Waals surface area contributed by atoms with Crippen molar-refractivity contribution in [2.45, 2.75) is 47.0 Å². The van der Waals surface area contributed by atoms with Crippen LogP contribution in [-0.4, -0.2) is 43.2 Å². The summed E-state index contributed by atoms with van der Waals surface area (Å²) < 4.78 is 17.8. The third-order valence-electron chi connectivity index (χ3n) is 9.75. The number of rotatable bonds is 14. The van der Waals surface area contributed by atoms with E-state index in [9.17, 15) is 9.59 Å². The van der Waals surface area contributed by atoms with Gasteiger partial charge in [-0.3, -0.25) is 9.59 Å². The Labute approximate surface area is 330 Å². The maximum absolute atomic E-state index is 13.9. The monoisotopic (exact) mass is 770 g/mol. The fourth-order valence-electron chi connectivity index (χ4n) is 7.09. The average molecular weight is 771 g/mol. The third kappa shape index (κ3) is 8.11. The van der Waals surface area contributed by atoms with Crippen LogP contribution in [0, 0.1) is 13.8 Å². The molecule has 3 aromatic carbocycles. The first-order chi connectivity index (χ1) is 27.2. The molecule has 0 spiro atoms. The lowest BCUT2D eigenvalue weighted by Gasteiger charge is -2.19. The van der Waals surface area contributed by atoms with Crippen LogP contribution >= 0.6 is 11.6 Å². The molecule has 5 aromatic rings. The Morgan fingerprint density at radius 3 is 2.30 bits per heavy atom. The van der Waals surface area contributed by atoms with E-state index in [-0.39, 0.29) is 23.5 Å². The van der Waals surface area contributed by atoms with Crippen molar-refractivity contribution >= 4 is 40.1 Å². The number of carbonyl (C=O) groups excluding carboxylic acids is 2. The number of carbonyl (C=O) groups is 2. The standard InChI is InChI=1S/C45H44ClN5O5/c1-5-47-34-24-37-32(22-27(34)3)43(33-23-28(4)35(48-6-2)25-38(33)54-37)30-16-10-11-17-31(30)45(53)50-21-13-12-20-49-41(52)26-39-42(29-14-8-7-9-15-29)44(51-56-39)36-18-19-40(46)55-36/h7-11,14-19,22-25,47H,5-6,12-13,20-21,26H2,1-4H3,(H,49,52)(H,50,53)/p+1. The molecule has 56 heavy (non-hydrogen) atoms. The number of nitrogens with one attached hydrogen (secondary N) is 4. The number of amides is 2. The Morgan fingerprint density at radius 1 is 0.786 bits per heavy atom. The SMILES string of the molecule is CCNc1cc2oc3cc(=[NH+]CC)c(C)cc-3c(-c3ccccc3C(=O)NCCCCNC(=O)Cc3onc(-c4ccc(Cl)o4)c3-c3ccccc3)c2cc1C. The molecule has 1 aliphatic carbocycles. The number of fused-ring (bicyclic) bond motifs is 2. The highest BCUT2D eigenvalue weighted by Gasteiger charge is 2.25. The minimum Gasteiger partial charge on any atom is -0.456 e. The quantitative estimate of drug-likeness (QED) is 0.0658. The molecule has 0 unspecified atom stereocenters. The number of hydrogen-bond acceptors (Lipinski definition) is 7. The number of hydrogen-bond donors (Lipinski definition) is 4. The van der Waals surface area contributed by atoms with Gasteiger partial charge in [-0.15, -0.1) is 0 Å². The van der Waals surface area contributed by atoms with Gasteiger partial charge in [-0.2, -0.15) is 0 Å². The van der Waals surface area contributed by atoms with Crippen molar-refractivity contribution in [1.82, 2.24) is 15.8 Å². The van der Waals surface area contributed by atoms with Crippen molar-refractivity contribution in [2.75, 3.05) is 31.5 Å². The molecule has 4 N–H and O–H groups in total. The highest BCUT2D eigenvalue weighted by Crippen LogP contribution is 2.43. The second kappa shape index (κ2) is 17.1. The number of anilines is 1. The van der Waals surface area contributed by atoms with Gasteiger partial charge in [-0.1, -0.05) is 53.7 Å². The molecular weight excluding hydrogens is 726 g/mol. The zero-order valence-electron chi connectivity index (χ0n) is 32.0. The predicted octanol–water partition coefficient (Wildman–Crippen LogP) is 7.69. The van der Waals surface area contributed by atoms with Crippen molar-refractivity contribution in [3.05, 3.63) is 124 Å². The summed E-state index contributed by atoms with van der Waals surface area (Å²) >= 11 is 6.03. The van der Waals surface area contributed by atoms with Gasteiger partial charge in [0.15, 0.2) is 22.4 Å². The minimum absolute atomic E-state index is 0.00122. The first kappa shape index (κ1) is 38.2. The van der Waals surface area contributed by atoms with E-state index in [2.05, 4.69) is 65.9 Å². The highest BCUT2D eigenvalue weighted by atomic mass is 35.5. The first-order valence-electron chi connectivity index (χ1n) is 19.0. The second-order valence-corrected chi connectivity index (χ2v) is 14.1.